The Morgan fingerprint density at radius 2 is 1.79 bits per heavy atom. The SMILES string of the molecule is CC(=O)NC(C=O)C(O)C(O)C(C)O. The normalized spacial score (nSPS) is 19.2. The molecule has 0 aliphatic carbocycles. The van der Waals surface area contributed by atoms with Gasteiger partial charge in [-0.05, 0) is 6.92 Å². The van der Waals surface area contributed by atoms with Gasteiger partial charge in [-0.1, -0.05) is 0 Å². The number of hydrogen-bond acceptors (Lipinski definition) is 5. The minimum atomic E-state index is -1.52. The van der Waals surface area contributed by atoms with Gasteiger partial charge in [-0.3, -0.25) is 4.79 Å². The summed E-state index contributed by atoms with van der Waals surface area (Å²) < 4.78 is 0. The molecule has 6 nitrogen and oxygen atoms in total. The van der Waals surface area contributed by atoms with Gasteiger partial charge in [-0.2, -0.15) is 0 Å². The Bertz CT molecular complexity index is 206. The van der Waals surface area contributed by atoms with Gasteiger partial charge in [0.2, 0.25) is 5.91 Å². The minimum absolute atomic E-state index is 0.303. The molecule has 14 heavy (non-hydrogen) atoms. The van der Waals surface area contributed by atoms with E-state index in [9.17, 15) is 19.8 Å². The molecular formula is C8H15NO5. The number of aliphatic hydroxyl groups is 3. The zero-order valence-electron chi connectivity index (χ0n) is 8.04. The fraction of sp³-hybridized carbons (Fsp3) is 0.750. The molecule has 0 aromatic heterocycles. The second-order valence-electron chi connectivity index (χ2n) is 3.08. The summed E-state index contributed by atoms with van der Waals surface area (Å²) in [6, 6.07) is -1.21. The molecule has 0 aromatic rings. The maximum Gasteiger partial charge on any atom is 0.217 e. The Labute approximate surface area is 81.5 Å². The lowest BCUT2D eigenvalue weighted by Crippen LogP contribution is -2.51. The van der Waals surface area contributed by atoms with Crippen LogP contribution in [0.4, 0.5) is 0 Å². The van der Waals surface area contributed by atoms with Crippen molar-refractivity contribution in [2.75, 3.05) is 0 Å². The van der Waals surface area contributed by atoms with Crippen molar-refractivity contribution in [3.8, 4) is 0 Å². The van der Waals surface area contributed by atoms with Crippen molar-refractivity contribution >= 4 is 12.2 Å². The van der Waals surface area contributed by atoms with Gasteiger partial charge >= 0.3 is 0 Å². The van der Waals surface area contributed by atoms with Gasteiger partial charge in [-0.15, -0.1) is 0 Å². The average Bonchev–Trinajstić information content (AvgIpc) is 2.11. The van der Waals surface area contributed by atoms with Gasteiger partial charge in [0.1, 0.15) is 24.5 Å². The van der Waals surface area contributed by atoms with Gasteiger partial charge in [0.05, 0.1) is 6.10 Å². The average molecular weight is 205 g/mol. The molecule has 6 heteroatoms. The molecule has 0 saturated heterocycles. The van der Waals surface area contributed by atoms with Crippen LogP contribution in [0.25, 0.3) is 0 Å². The summed E-state index contributed by atoms with van der Waals surface area (Å²) in [5.41, 5.74) is 0. The zero-order valence-corrected chi connectivity index (χ0v) is 8.04. The number of rotatable bonds is 5. The van der Waals surface area contributed by atoms with Crippen LogP contribution in [-0.4, -0.2) is 51.9 Å². The first-order valence-corrected chi connectivity index (χ1v) is 4.16. The minimum Gasteiger partial charge on any atom is -0.391 e. The summed E-state index contributed by atoms with van der Waals surface area (Å²) in [7, 11) is 0. The zero-order chi connectivity index (χ0) is 11.3. The molecule has 0 aliphatic rings. The summed E-state index contributed by atoms with van der Waals surface area (Å²) in [4.78, 5) is 21.0. The predicted molar refractivity (Wildman–Crippen MR) is 47.4 cm³/mol. The highest BCUT2D eigenvalue weighted by molar-refractivity contribution is 5.77. The van der Waals surface area contributed by atoms with Crippen LogP contribution >= 0.6 is 0 Å². The Balaban J connectivity index is 4.36. The first-order chi connectivity index (χ1) is 6.40. The number of aliphatic hydroxyl groups excluding tert-OH is 3. The molecular weight excluding hydrogens is 190 g/mol. The van der Waals surface area contributed by atoms with Gasteiger partial charge < -0.3 is 25.4 Å². The van der Waals surface area contributed by atoms with Gasteiger partial charge in [0.15, 0.2) is 0 Å². The highest BCUT2D eigenvalue weighted by Gasteiger charge is 2.29. The number of carbonyl (C=O) groups is 2. The maximum atomic E-state index is 10.6. The van der Waals surface area contributed by atoms with Crippen molar-refractivity contribution in [2.45, 2.75) is 38.2 Å². The van der Waals surface area contributed by atoms with Crippen molar-refractivity contribution in [1.82, 2.24) is 5.32 Å². The van der Waals surface area contributed by atoms with Crippen molar-refractivity contribution in [2.24, 2.45) is 0 Å². The number of nitrogens with one attached hydrogen (secondary N) is 1. The van der Waals surface area contributed by atoms with Crippen LogP contribution in [0.5, 0.6) is 0 Å². The van der Waals surface area contributed by atoms with Crippen molar-refractivity contribution in [3.63, 3.8) is 0 Å². The van der Waals surface area contributed by atoms with E-state index in [0.717, 1.165) is 0 Å². The smallest absolute Gasteiger partial charge is 0.217 e. The largest absolute Gasteiger partial charge is 0.391 e. The lowest BCUT2D eigenvalue weighted by molar-refractivity contribution is -0.128. The van der Waals surface area contributed by atoms with E-state index in [1.165, 1.54) is 13.8 Å². The summed E-state index contributed by atoms with van der Waals surface area (Å²) in [6.07, 6.45) is -3.87. The van der Waals surface area contributed by atoms with Crippen LogP contribution in [0.2, 0.25) is 0 Å². The number of hydrogen-bond donors (Lipinski definition) is 4. The lowest BCUT2D eigenvalue weighted by Gasteiger charge is -2.24. The van der Waals surface area contributed by atoms with E-state index < -0.39 is 30.3 Å². The van der Waals surface area contributed by atoms with Crippen LogP contribution < -0.4 is 5.32 Å². The van der Waals surface area contributed by atoms with Crippen molar-refractivity contribution in [1.29, 1.82) is 0 Å². The van der Waals surface area contributed by atoms with Crippen LogP contribution in [0.3, 0.4) is 0 Å². The molecule has 0 bridgehead atoms. The molecule has 82 valence electrons. The van der Waals surface area contributed by atoms with E-state index in [1.807, 2.05) is 0 Å². The molecule has 1 amide bonds. The molecule has 0 aromatic carbocycles. The summed E-state index contributed by atoms with van der Waals surface area (Å²) in [5.74, 6) is -0.501. The van der Waals surface area contributed by atoms with Crippen LogP contribution in [0, 0.1) is 0 Å². The maximum absolute atomic E-state index is 10.6. The first-order valence-electron chi connectivity index (χ1n) is 4.16. The van der Waals surface area contributed by atoms with Gasteiger partial charge in [-0.25, -0.2) is 0 Å². The summed E-state index contributed by atoms with van der Waals surface area (Å²) in [6.45, 7) is 2.45. The van der Waals surface area contributed by atoms with Gasteiger partial charge in [0, 0.05) is 6.92 Å². The second-order valence-corrected chi connectivity index (χ2v) is 3.08. The van der Waals surface area contributed by atoms with E-state index in [2.05, 4.69) is 5.32 Å². The third-order valence-corrected chi connectivity index (χ3v) is 1.73. The van der Waals surface area contributed by atoms with Crippen molar-refractivity contribution in [3.05, 3.63) is 0 Å². The number of amides is 1. The molecule has 4 unspecified atom stereocenters. The Morgan fingerprint density at radius 1 is 1.29 bits per heavy atom. The second kappa shape index (κ2) is 5.69. The van der Waals surface area contributed by atoms with E-state index in [1.54, 1.807) is 0 Å². The number of aldehydes is 1. The van der Waals surface area contributed by atoms with Crippen molar-refractivity contribution < 1.29 is 24.9 Å². The molecule has 4 atom stereocenters. The fourth-order valence-corrected chi connectivity index (χ4v) is 0.932. The van der Waals surface area contributed by atoms with Crippen LogP contribution in [-0.2, 0) is 9.59 Å². The van der Waals surface area contributed by atoms with Crippen LogP contribution in [0.15, 0.2) is 0 Å². The monoisotopic (exact) mass is 205 g/mol. The van der Waals surface area contributed by atoms with Gasteiger partial charge in [0.25, 0.3) is 0 Å². The Morgan fingerprint density at radius 3 is 2.07 bits per heavy atom. The van der Waals surface area contributed by atoms with E-state index >= 15 is 0 Å². The summed E-state index contributed by atoms with van der Waals surface area (Å²) >= 11 is 0. The third kappa shape index (κ3) is 3.82. The molecule has 0 aliphatic heterocycles. The molecule has 0 spiro atoms. The first kappa shape index (κ1) is 13.0. The number of carbonyl (C=O) groups excluding carboxylic acids is 2. The highest BCUT2D eigenvalue weighted by atomic mass is 16.4. The molecule has 4 N–H and O–H groups in total. The molecule has 0 rings (SSSR count). The van der Waals surface area contributed by atoms with E-state index in [0.29, 0.717) is 6.29 Å². The quantitative estimate of drug-likeness (QED) is 0.381. The highest BCUT2D eigenvalue weighted by Crippen LogP contribution is 2.03. The third-order valence-electron chi connectivity index (χ3n) is 1.73. The molecule has 0 heterocycles. The molecule has 0 radical (unpaired) electrons. The Kier molecular flexibility index (Phi) is 5.29. The predicted octanol–water partition coefficient (Wildman–Crippen LogP) is -2.21. The summed E-state index contributed by atoms with van der Waals surface area (Å²) in [5, 5.41) is 29.6. The lowest BCUT2D eigenvalue weighted by atomic mass is 10.0. The van der Waals surface area contributed by atoms with E-state index in [-0.39, 0.29) is 0 Å². The molecule has 0 fully saturated rings. The topological polar surface area (TPSA) is 107 Å². The standard InChI is InChI=1S/C8H15NO5/c1-4(11)7(13)8(14)6(3-10)9-5(2)12/h3-4,6-8,11,13-14H,1-2H3,(H,9,12). The fourth-order valence-electron chi connectivity index (χ4n) is 0.932. The Hall–Kier alpha value is -0.980. The van der Waals surface area contributed by atoms with E-state index in [4.69, 9.17) is 5.11 Å². The molecule has 0 saturated carbocycles. The van der Waals surface area contributed by atoms with Crippen LogP contribution in [0.1, 0.15) is 13.8 Å².